The molecule has 10 nitrogen and oxygen atoms in total. The number of aromatic nitrogens is 4. The fourth-order valence-electron chi connectivity index (χ4n) is 6.19. The molecule has 47 heavy (non-hydrogen) atoms. The first kappa shape index (κ1) is 35.0. The van der Waals surface area contributed by atoms with E-state index in [1.165, 1.54) is 4.57 Å². The van der Waals surface area contributed by atoms with Crippen LogP contribution in [-0.4, -0.2) is 31.1 Å². The Hall–Kier alpha value is -4.86. The number of carbonyl (C=O) groups is 2. The monoisotopic (exact) mass is 640 g/mol. The van der Waals surface area contributed by atoms with Crippen molar-refractivity contribution in [1.82, 2.24) is 19.5 Å². The summed E-state index contributed by atoms with van der Waals surface area (Å²) in [5.41, 5.74) is 3.77. The molecular weight excluding hydrogens is 596 g/mol. The van der Waals surface area contributed by atoms with Crippen LogP contribution in [0.15, 0.2) is 55.6 Å². The Bertz CT molecular complexity index is 2030. The number of aryl methyl sites for hydroxylation is 4. The molecule has 10 heteroatoms. The quantitative estimate of drug-likeness (QED) is 0.221. The average molecular weight is 641 g/mol. The largest absolute Gasteiger partial charge is 0.328 e. The lowest BCUT2D eigenvalue weighted by Gasteiger charge is -2.27. The van der Waals surface area contributed by atoms with Crippen LogP contribution in [0, 0.1) is 33.6 Å². The van der Waals surface area contributed by atoms with Gasteiger partial charge in [-0.2, -0.15) is 0 Å². The Labute approximate surface area is 273 Å². The Morgan fingerprint density at radius 2 is 1.15 bits per heavy atom. The van der Waals surface area contributed by atoms with Crippen LogP contribution in [0.3, 0.4) is 0 Å². The maximum atomic E-state index is 13.4. The van der Waals surface area contributed by atoms with E-state index >= 15 is 0 Å². The van der Waals surface area contributed by atoms with Gasteiger partial charge >= 0.3 is 11.4 Å². The molecule has 0 spiro atoms. The van der Waals surface area contributed by atoms with Gasteiger partial charge in [0.15, 0.2) is 0 Å². The first-order valence-electron chi connectivity index (χ1n) is 16.1. The Morgan fingerprint density at radius 1 is 0.681 bits per heavy atom. The molecule has 2 aromatic heterocycles. The summed E-state index contributed by atoms with van der Waals surface area (Å²) < 4.78 is 1.50. The number of nitrogens with zero attached hydrogens (tertiary/aromatic N) is 1. The molecule has 0 saturated heterocycles. The van der Waals surface area contributed by atoms with E-state index in [4.69, 9.17) is 0 Å². The van der Waals surface area contributed by atoms with Crippen molar-refractivity contribution in [2.24, 2.45) is 5.92 Å². The van der Waals surface area contributed by atoms with E-state index in [1.54, 1.807) is 26.0 Å². The van der Waals surface area contributed by atoms with E-state index < -0.39 is 22.5 Å². The molecule has 0 amide bonds. The van der Waals surface area contributed by atoms with Gasteiger partial charge in [-0.1, -0.05) is 68.5 Å². The number of hydrogen-bond acceptors (Lipinski definition) is 6. The minimum Gasteiger partial charge on any atom is -0.304 e. The van der Waals surface area contributed by atoms with Crippen LogP contribution in [0.25, 0.3) is 0 Å². The highest BCUT2D eigenvalue weighted by Crippen LogP contribution is 2.29. The van der Waals surface area contributed by atoms with Crippen molar-refractivity contribution in [3.05, 3.63) is 134 Å². The summed E-state index contributed by atoms with van der Waals surface area (Å²) in [6.07, 6.45) is 3.26. The van der Waals surface area contributed by atoms with Crippen molar-refractivity contribution in [2.75, 3.05) is 0 Å². The zero-order chi connectivity index (χ0) is 34.7. The number of carbonyl (C=O) groups excluding carboxylic acids is 2. The van der Waals surface area contributed by atoms with Crippen LogP contribution in [-0.2, 0) is 6.54 Å². The Morgan fingerprint density at radius 3 is 1.60 bits per heavy atom. The number of nitrogens with one attached hydrogen (secondary N) is 3. The molecule has 248 valence electrons. The van der Waals surface area contributed by atoms with Crippen LogP contribution in [0.1, 0.15) is 124 Å². The summed E-state index contributed by atoms with van der Waals surface area (Å²) in [5.74, 6) is -0.520. The van der Waals surface area contributed by atoms with Crippen molar-refractivity contribution in [1.29, 1.82) is 0 Å². The fraction of sp³-hybridized carbons (Fsp3) is 0.405. The predicted octanol–water partition coefficient (Wildman–Crippen LogP) is 5.34. The van der Waals surface area contributed by atoms with Crippen LogP contribution in [0.2, 0.25) is 0 Å². The Balaban J connectivity index is 0.000000218. The number of benzene rings is 2. The highest BCUT2D eigenvalue weighted by Gasteiger charge is 2.28. The van der Waals surface area contributed by atoms with Gasteiger partial charge in [0, 0.05) is 28.8 Å². The third kappa shape index (κ3) is 7.93. The number of hydrogen-bond donors (Lipinski definition) is 3. The molecule has 0 atom stereocenters. The highest BCUT2D eigenvalue weighted by atomic mass is 16.2. The van der Waals surface area contributed by atoms with Crippen LogP contribution >= 0.6 is 0 Å². The van der Waals surface area contributed by atoms with E-state index in [-0.39, 0.29) is 34.8 Å². The second-order valence-electron chi connectivity index (χ2n) is 13.3. The van der Waals surface area contributed by atoms with Crippen molar-refractivity contribution in [3.63, 3.8) is 0 Å². The fourth-order valence-corrected chi connectivity index (χ4v) is 6.19. The van der Waals surface area contributed by atoms with Crippen molar-refractivity contribution in [3.8, 4) is 0 Å². The van der Waals surface area contributed by atoms with Crippen LogP contribution in [0.4, 0.5) is 0 Å². The van der Waals surface area contributed by atoms with Gasteiger partial charge in [0.2, 0.25) is 11.6 Å². The van der Waals surface area contributed by atoms with Crippen LogP contribution in [0.5, 0.6) is 0 Å². The standard InChI is InChI=1S/C21H26N2O3.C16H18N2O3/c1-12(2)17-18(19(24)16-9-13(3)8-14(4)10-16)23(11-15-6-5-7-15)21(26)22-20(17)25;1-8(2)12-13(17-16(21)18-15(12)20)14(19)11-6-9(3)5-10(4)7-11/h8-10,12,15H,5-7,11H2,1-4H3,(H,22,25,26);5-8H,1-4H3,(H2,17,18,20,21). The van der Waals surface area contributed by atoms with Crippen molar-refractivity contribution in [2.45, 2.75) is 93.0 Å². The molecule has 0 aliphatic heterocycles. The molecule has 5 rings (SSSR count). The zero-order valence-electron chi connectivity index (χ0n) is 28.4. The molecular formula is C37H44N4O6. The normalized spacial score (nSPS) is 12.9. The van der Waals surface area contributed by atoms with Gasteiger partial charge in [0.25, 0.3) is 11.1 Å². The Kier molecular flexibility index (Phi) is 10.6. The lowest BCUT2D eigenvalue weighted by atomic mass is 9.85. The molecule has 1 fully saturated rings. The molecule has 1 aliphatic rings. The average Bonchev–Trinajstić information content (AvgIpc) is 2.93. The molecule has 0 unspecified atom stereocenters. The van der Waals surface area contributed by atoms with Gasteiger partial charge < -0.3 is 4.98 Å². The molecule has 2 heterocycles. The summed E-state index contributed by atoms with van der Waals surface area (Å²) in [5, 5.41) is 0. The van der Waals surface area contributed by atoms with Crippen molar-refractivity contribution < 1.29 is 9.59 Å². The lowest BCUT2D eigenvalue weighted by Crippen LogP contribution is -2.40. The maximum absolute atomic E-state index is 13.4. The van der Waals surface area contributed by atoms with Gasteiger partial charge in [-0.3, -0.25) is 33.7 Å². The molecule has 1 aliphatic carbocycles. The van der Waals surface area contributed by atoms with E-state index in [1.807, 2.05) is 65.8 Å². The summed E-state index contributed by atoms with van der Waals surface area (Å²) >= 11 is 0. The molecule has 3 N–H and O–H groups in total. The van der Waals surface area contributed by atoms with Gasteiger partial charge in [0.1, 0.15) is 5.69 Å². The highest BCUT2D eigenvalue weighted by molar-refractivity contribution is 6.09. The van der Waals surface area contributed by atoms with E-state index in [9.17, 15) is 28.8 Å². The zero-order valence-corrected chi connectivity index (χ0v) is 28.4. The molecule has 0 radical (unpaired) electrons. The topological polar surface area (TPSA) is 155 Å². The molecule has 0 bridgehead atoms. The minimum atomic E-state index is -0.669. The van der Waals surface area contributed by atoms with Gasteiger partial charge in [0.05, 0.1) is 5.69 Å². The van der Waals surface area contributed by atoms with Gasteiger partial charge in [-0.15, -0.1) is 0 Å². The number of rotatable bonds is 8. The number of ketones is 2. The van der Waals surface area contributed by atoms with Gasteiger partial charge in [-0.25, -0.2) is 9.59 Å². The number of aromatic amines is 3. The smallest absolute Gasteiger partial charge is 0.304 e. The second kappa shape index (κ2) is 14.3. The molecule has 2 aromatic carbocycles. The lowest BCUT2D eigenvalue weighted by molar-refractivity contribution is 0.101. The third-order valence-corrected chi connectivity index (χ3v) is 8.44. The molecule has 4 aromatic rings. The second-order valence-corrected chi connectivity index (χ2v) is 13.3. The summed E-state index contributed by atoms with van der Waals surface area (Å²) in [4.78, 5) is 81.5. The van der Waals surface area contributed by atoms with E-state index in [0.29, 0.717) is 34.7 Å². The third-order valence-electron chi connectivity index (χ3n) is 8.44. The summed E-state index contributed by atoms with van der Waals surface area (Å²) in [6, 6.07) is 11.1. The van der Waals surface area contributed by atoms with Crippen LogP contribution < -0.4 is 22.5 Å². The van der Waals surface area contributed by atoms with E-state index in [0.717, 1.165) is 41.5 Å². The molecule has 1 saturated carbocycles. The summed E-state index contributed by atoms with van der Waals surface area (Å²) in [6.45, 7) is 15.5. The van der Waals surface area contributed by atoms with E-state index in [2.05, 4.69) is 15.0 Å². The first-order valence-corrected chi connectivity index (χ1v) is 16.1. The minimum absolute atomic E-state index is 0.0729. The van der Waals surface area contributed by atoms with Gasteiger partial charge in [-0.05, 0) is 82.6 Å². The summed E-state index contributed by atoms with van der Waals surface area (Å²) in [7, 11) is 0. The first-order chi connectivity index (χ1) is 22.1. The maximum Gasteiger partial charge on any atom is 0.328 e. The van der Waals surface area contributed by atoms with Crippen molar-refractivity contribution >= 4 is 11.6 Å². The predicted molar refractivity (Wildman–Crippen MR) is 183 cm³/mol. The SMILES string of the molecule is Cc1cc(C)cc(C(=O)c2[nH]c(=O)[nH]c(=O)c2C(C)C)c1.Cc1cc(C)cc(C(=O)c2c(C(C)C)c(=O)[nH]c(=O)n2CC2CCC2)c1. The number of H-pyrrole nitrogens is 3.